The molecule has 0 atom stereocenters. The highest BCUT2D eigenvalue weighted by molar-refractivity contribution is 7.99. The number of thioether (sulfide) groups is 1. The Morgan fingerprint density at radius 1 is 1.38 bits per heavy atom. The van der Waals surface area contributed by atoms with E-state index in [1.807, 2.05) is 16.1 Å². The van der Waals surface area contributed by atoms with Crippen molar-refractivity contribution in [3.8, 4) is 0 Å². The van der Waals surface area contributed by atoms with Crippen LogP contribution in [0.15, 0.2) is 0 Å². The topological polar surface area (TPSA) is 23.5 Å². The molecule has 1 aliphatic rings. The quantitative estimate of drug-likeness (QED) is 0.449. The Labute approximate surface area is 58.0 Å². The smallest absolute Gasteiger partial charge is 0.0790 e. The van der Waals surface area contributed by atoms with Crippen molar-refractivity contribution in [1.82, 2.24) is 4.31 Å². The van der Waals surface area contributed by atoms with E-state index in [1.54, 1.807) is 0 Å². The van der Waals surface area contributed by atoms with Gasteiger partial charge in [-0.3, -0.25) is 0 Å². The third-order valence-electron chi connectivity index (χ3n) is 1.09. The van der Waals surface area contributed by atoms with Gasteiger partial charge in [0.25, 0.3) is 0 Å². The summed E-state index contributed by atoms with van der Waals surface area (Å²) in [5.74, 6) is 2.32. The zero-order chi connectivity index (χ0) is 5.82. The van der Waals surface area contributed by atoms with E-state index in [4.69, 9.17) is 4.55 Å². The van der Waals surface area contributed by atoms with E-state index in [0.717, 1.165) is 36.8 Å². The summed E-state index contributed by atoms with van der Waals surface area (Å²) in [5.41, 5.74) is 0. The molecule has 0 aromatic rings. The summed E-state index contributed by atoms with van der Waals surface area (Å²) < 4.78 is 10.5. The second-order valence-corrected chi connectivity index (χ2v) is 3.53. The lowest BCUT2D eigenvalue weighted by Crippen LogP contribution is -2.25. The number of hydrogen-bond donors (Lipinski definition) is 1. The van der Waals surface area contributed by atoms with E-state index >= 15 is 0 Å². The predicted molar refractivity (Wildman–Crippen MR) is 39.1 cm³/mol. The van der Waals surface area contributed by atoms with Gasteiger partial charge >= 0.3 is 0 Å². The Morgan fingerprint density at radius 2 is 2.00 bits per heavy atom. The van der Waals surface area contributed by atoms with Gasteiger partial charge in [0.1, 0.15) is 0 Å². The molecule has 1 aliphatic heterocycles. The Bertz CT molecular complexity index is 65.1. The number of nitrogens with zero attached hydrogens (tertiary/aromatic N) is 1. The molecule has 0 amide bonds. The normalized spacial score (nSPS) is 23.6. The van der Waals surface area contributed by atoms with Gasteiger partial charge in [-0.05, 0) is 0 Å². The minimum atomic E-state index is 0.866. The summed E-state index contributed by atoms with van der Waals surface area (Å²) in [6.45, 7) is 2.04. The van der Waals surface area contributed by atoms with Crippen LogP contribution in [0.25, 0.3) is 0 Å². The second-order valence-electron chi connectivity index (χ2n) is 1.62. The minimum absolute atomic E-state index is 0.866. The van der Waals surface area contributed by atoms with Crippen LogP contribution in [0.1, 0.15) is 0 Å². The molecule has 0 aromatic heterocycles. The van der Waals surface area contributed by atoms with Crippen molar-refractivity contribution in [1.29, 1.82) is 0 Å². The molecule has 1 rings (SSSR count). The van der Waals surface area contributed by atoms with Crippen molar-refractivity contribution < 1.29 is 4.55 Å². The molecule has 1 N–H and O–H groups in total. The lowest BCUT2D eigenvalue weighted by molar-refractivity contribution is 0.477. The molecule has 0 radical (unpaired) electrons. The van der Waals surface area contributed by atoms with Crippen LogP contribution in [0.4, 0.5) is 0 Å². The summed E-state index contributed by atoms with van der Waals surface area (Å²) in [5, 5.41) is 0. The van der Waals surface area contributed by atoms with Crippen LogP contribution in [0, 0.1) is 0 Å². The molecule has 0 bridgehead atoms. The first-order valence-electron chi connectivity index (χ1n) is 2.57. The van der Waals surface area contributed by atoms with Gasteiger partial charge in [-0.15, -0.1) is 0 Å². The summed E-state index contributed by atoms with van der Waals surface area (Å²) in [7, 11) is 0. The summed E-state index contributed by atoms with van der Waals surface area (Å²) in [6.07, 6.45) is 0. The van der Waals surface area contributed by atoms with Gasteiger partial charge in [0.15, 0.2) is 0 Å². The highest BCUT2D eigenvalue weighted by Gasteiger charge is 2.08. The molecule has 0 unspecified atom stereocenters. The molecule has 1 saturated heterocycles. The molecule has 0 saturated carbocycles. The van der Waals surface area contributed by atoms with Crippen molar-refractivity contribution in [3.63, 3.8) is 0 Å². The third-order valence-corrected chi connectivity index (χ3v) is 2.62. The van der Waals surface area contributed by atoms with Gasteiger partial charge < -0.3 is 4.55 Å². The van der Waals surface area contributed by atoms with Gasteiger partial charge in [-0.2, -0.15) is 11.8 Å². The Hall–Kier alpha value is 0.620. The molecule has 2 nitrogen and oxygen atoms in total. The second kappa shape index (κ2) is 3.61. The van der Waals surface area contributed by atoms with Gasteiger partial charge in [-0.25, -0.2) is 4.31 Å². The average molecular weight is 151 g/mol. The molecule has 48 valence electrons. The largest absolute Gasteiger partial charge is 0.317 e. The van der Waals surface area contributed by atoms with Crippen molar-refractivity contribution in [3.05, 3.63) is 0 Å². The van der Waals surface area contributed by atoms with Crippen molar-refractivity contribution in [2.75, 3.05) is 24.6 Å². The molecule has 0 spiro atoms. The maximum Gasteiger partial charge on any atom is 0.0790 e. The molecule has 8 heavy (non-hydrogen) atoms. The van der Waals surface area contributed by atoms with E-state index in [1.165, 1.54) is 0 Å². The molecular formula is C4H9NOS2. The first-order chi connectivity index (χ1) is 3.93. The molecule has 1 fully saturated rings. The van der Waals surface area contributed by atoms with Crippen LogP contribution >= 0.6 is 24.0 Å². The lowest BCUT2D eigenvalue weighted by Gasteiger charge is -2.20. The zero-order valence-electron chi connectivity index (χ0n) is 4.54. The maximum atomic E-state index is 8.52. The van der Waals surface area contributed by atoms with Crippen LogP contribution in [0.5, 0.6) is 0 Å². The predicted octanol–water partition coefficient (Wildman–Crippen LogP) is 1.16. The minimum Gasteiger partial charge on any atom is -0.317 e. The Kier molecular flexibility index (Phi) is 3.04. The van der Waals surface area contributed by atoms with Crippen molar-refractivity contribution in [2.45, 2.75) is 0 Å². The first kappa shape index (κ1) is 6.74. The monoisotopic (exact) mass is 151 g/mol. The van der Waals surface area contributed by atoms with Gasteiger partial charge in [0.05, 0.1) is 12.2 Å². The van der Waals surface area contributed by atoms with Crippen molar-refractivity contribution in [2.24, 2.45) is 0 Å². The number of rotatable bonds is 1. The molecule has 0 aliphatic carbocycles. The molecule has 1 heterocycles. The van der Waals surface area contributed by atoms with Gasteiger partial charge in [0, 0.05) is 24.6 Å². The summed E-state index contributed by atoms with van der Waals surface area (Å²) >= 11 is 2.81. The maximum absolute atomic E-state index is 8.52. The van der Waals surface area contributed by atoms with Crippen LogP contribution < -0.4 is 0 Å². The third kappa shape index (κ3) is 1.85. The highest BCUT2D eigenvalue weighted by atomic mass is 32.2. The summed E-state index contributed by atoms with van der Waals surface area (Å²) in [4.78, 5) is 0. The number of hydrogen-bond acceptors (Lipinski definition) is 4. The standard InChI is InChI=1S/C4H9NOS2/c6-8-5-1-3-7-4-2-5/h6H,1-4H2. The van der Waals surface area contributed by atoms with Crippen molar-refractivity contribution >= 4 is 24.0 Å². The Morgan fingerprint density at radius 3 is 2.38 bits per heavy atom. The van der Waals surface area contributed by atoms with E-state index in [2.05, 4.69) is 0 Å². The lowest BCUT2D eigenvalue weighted by atomic mass is 10.6. The zero-order valence-corrected chi connectivity index (χ0v) is 6.17. The Balaban J connectivity index is 2.13. The average Bonchev–Trinajstić information content (AvgIpc) is 1.90. The van der Waals surface area contributed by atoms with E-state index in [9.17, 15) is 0 Å². The van der Waals surface area contributed by atoms with Crippen LogP contribution in [0.3, 0.4) is 0 Å². The molecule has 4 heteroatoms. The van der Waals surface area contributed by atoms with Crippen LogP contribution in [0.2, 0.25) is 0 Å². The van der Waals surface area contributed by atoms with Gasteiger partial charge in [-0.1, -0.05) is 0 Å². The fourth-order valence-corrected chi connectivity index (χ4v) is 2.11. The fourth-order valence-electron chi connectivity index (χ4n) is 0.628. The van der Waals surface area contributed by atoms with Gasteiger partial charge in [0.2, 0.25) is 0 Å². The van der Waals surface area contributed by atoms with E-state index in [-0.39, 0.29) is 0 Å². The van der Waals surface area contributed by atoms with Crippen LogP contribution in [-0.2, 0) is 0 Å². The highest BCUT2D eigenvalue weighted by Crippen LogP contribution is 2.14. The SMILES string of the molecule is OSN1CCSCC1. The first-order valence-corrected chi connectivity index (χ1v) is 4.46. The fraction of sp³-hybridized carbons (Fsp3) is 1.00. The van der Waals surface area contributed by atoms with Crippen LogP contribution in [-0.4, -0.2) is 33.5 Å². The molecule has 0 aromatic carbocycles. The van der Waals surface area contributed by atoms with E-state index in [0.29, 0.717) is 0 Å². The molecular weight excluding hydrogens is 142 g/mol. The van der Waals surface area contributed by atoms with E-state index < -0.39 is 0 Å². The summed E-state index contributed by atoms with van der Waals surface area (Å²) in [6, 6.07) is 0.